The molecule has 1 aromatic rings. The standard InChI is InChI=1S/C13H13F3NO2/c1-9(2)6-7-19-12(18)17-11-5-3-4-10(8-11)13(14,15)16/h4-6,8H,7H2,1-2H3,(H,17,18). The van der Waals surface area contributed by atoms with Gasteiger partial charge in [-0.1, -0.05) is 5.57 Å². The van der Waals surface area contributed by atoms with E-state index in [1.807, 2.05) is 13.8 Å². The molecular formula is C13H13F3NO2. The minimum atomic E-state index is -4.47. The second kappa shape index (κ2) is 6.26. The number of rotatable bonds is 3. The van der Waals surface area contributed by atoms with Crippen LogP contribution in [0.1, 0.15) is 19.4 Å². The highest BCUT2D eigenvalue weighted by atomic mass is 19.4. The van der Waals surface area contributed by atoms with Gasteiger partial charge in [0.15, 0.2) is 0 Å². The van der Waals surface area contributed by atoms with Crippen LogP contribution in [0.3, 0.4) is 0 Å². The molecule has 0 saturated carbocycles. The minimum absolute atomic E-state index is 0.0166. The van der Waals surface area contributed by atoms with Gasteiger partial charge >= 0.3 is 12.3 Å². The number of nitrogens with one attached hydrogen (secondary N) is 1. The molecule has 0 aliphatic rings. The highest BCUT2D eigenvalue weighted by Gasteiger charge is 2.30. The summed E-state index contributed by atoms with van der Waals surface area (Å²) in [6, 6.07) is 5.17. The minimum Gasteiger partial charge on any atom is -0.445 e. The molecular weight excluding hydrogens is 259 g/mol. The van der Waals surface area contributed by atoms with Crippen molar-refractivity contribution in [3.05, 3.63) is 41.5 Å². The summed E-state index contributed by atoms with van der Waals surface area (Å²) in [5, 5.41) is 2.21. The molecule has 0 aromatic heterocycles. The molecule has 6 heteroatoms. The van der Waals surface area contributed by atoms with E-state index in [9.17, 15) is 18.0 Å². The first-order valence-electron chi connectivity index (χ1n) is 5.44. The Balaban J connectivity index is 2.62. The highest BCUT2D eigenvalue weighted by molar-refractivity contribution is 5.84. The second-order valence-electron chi connectivity index (χ2n) is 4.01. The third-order valence-corrected chi connectivity index (χ3v) is 2.07. The predicted octanol–water partition coefficient (Wildman–Crippen LogP) is 4.02. The normalized spacial score (nSPS) is 10.8. The lowest BCUT2D eigenvalue weighted by Gasteiger charge is -2.09. The maximum absolute atomic E-state index is 12.4. The van der Waals surface area contributed by atoms with Crippen molar-refractivity contribution in [3.63, 3.8) is 0 Å². The van der Waals surface area contributed by atoms with Crippen LogP contribution in [0.2, 0.25) is 0 Å². The molecule has 19 heavy (non-hydrogen) atoms. The van der Waals surface area contributed by atoms with Crippen LogP contribution >= 0.6 is 0 Å². The Hall–Kier alpha value is -1.98. The van der Waals surface area contributed by atoms with Crippen molar-refractivity contribution < 1.29 is 22.7 Å². The molecule has 3 nitrogen and oxygen atoms in total. The van der Waals surface area contributed by atoms with Crippen LogP contribution in [0.4, 0.5) is 23.7 Å². The molecule has 103 valence electrons. The van der Waals surface area contributed by atoms with Crippen LogP contribution in [-0.4, -0.2) is 12.7 Å². The van der Waals surface area contributed by atoms with E-state index >= 15 is 0 Å². The van der Waals surface area contributed by atoms with Crippen molar-refractivity contribution in [2.45, 2.75) is 20.0 Å². The molecule has 1 N–H and O–H groups in total. The van der Waals surface area contributed by atoms with E-state index in [4.69, 9.17) is 4.74 Å². The third-order valence-electron chi connectivity index (χ3n) is 2.07. The number of allylic oxidation sites excluding steroid dienone is 1. The predicted molar refractivity (Wildman–Crippen MR) is 64.7 cm³/mol. The molecule has 0 spiro atoms. The van der Waals surface area contributed by atoms with E-state index in [1.54, 1.807) is 6.08 Å². The monoisotopic (exact) mass is 272 g/mol. The van der Waals surface area contributed by atoms with Crippen molar-refractivity contribution >= 4 is 11.8 Å². The molecule has 0 fully saturated rings. The van der Waals surface area contributed by atoms with Crippen LogP contribution < -0.4 is 5.32 Å². The van der Waals surface area contributed by atoms with E-state index in [1.165, 1.54) is 6.07 Å². The van der Waals surface area contributed by atoms with Crippen LogP contribution in [0.15, 0.2) is 29.8 Å². The fourth-order valence-corrected chi connectivity index (χ4v) is 1.15. The second-order valence-corrected chi connectivity index (χ2v) is 4.01. The van der Waals surface area contributed by atoms with E-state index in [-0.39, 0.29) is 12.3 Å². The van der Waals surface area contributed by atoms with Gasteiger partial charge in [-0.25, -0.2) is 4.79 Å². The highest BCUT2D eigenvalue weighted by Crippen LogP contribution is 2.30. The van der Waals surface area contributed by atoms with Gasteiger partial charge in [-0.15, -0.1) is 0 Å². The average molecular weight is 272 g/mol. The Labute approximate surface area is 109 Å². The fraction of sp³-hybridized carbons (Fsp3) is 0.308. The number of halogens is 3. The van der Waals surface area contributed by atoms with Gasteiger partial charge in [0.25, 0.3) is 0 Å². The zero-order valence-electron chi connectivity index (χ0n) is 10.5. The van der Waals surface area contributed by atoms with Crippen molar-refractivity contribution in [2.75, 3.05) is 11.9 Å². The topological polar surface area (TPSA) is 38.3 Å². The number of carbonyl (C=O) groups excluding carboxylic acids is 1. The maximum atomic E-state index is 12.4. The quantitative estimate of drug-likeness (QED) is 0.844. The van der Waals surface area contributed by atoms with Crippen LogP contribution in [-0.2, 0) is 10.9 Å². The fourth-order valence-electron chi connectivity index (χ4n) is 1.15. The largest absolute Gasteiger partial charge is 0.445 e. The Morgan fingerprint density at radius 3 is 2.68 bits per heavy atom. The number of amides is 1. The van der Waals surface area contributed by atoms with E-state index in [0.717, 1.165) is 17.7 Å². The van der Waals surface area contributed by atoms with Crippen LogP contribution in [0.25, 0.3) is 0 Å². The summed E-state index contributed by atoms with van der Waals surface area (Å²) in [5.41, 5.74) is 0.0758. The van der Waals surface area contributed by atoms with Gasteiger partial charge < -0.3 is 4.74 Å². The molecule has 1 amide bonds. The van der Waals surface area contributed by atoms with E-state index < -0.39 is 17.8 Å². The zero-order chi connectivity index (χ0) is 14.5. The van der Waals surface area contributed by atoms with Gasteiger partial charge in [0.1, 0.15) is 6.61 Å². The number of alkyl halides is 3. The first-order chi connectivity index (χ1) is 8.79. The SMILES string of the molecule is CC(C)=CCOC(=O)Nc1c[c]cc(C(F)(F)F)c1. The summed E-state index contributed by atoms with van der Waals surface area (Å²) in [5.74, 6) is 0. The lowest BCUT2D eigenvalue weighted by atomic mass is 10.2. The molecule has 1 rings (SSSR count). The lowest BCUT2D eigenvalue weighted by molar-refractivity contribution is -0.137. The molecule has 0 atom stereocenters. The van der Waals surface area contributed by atoms with Crippen molar-refractivity contribution in [2.24, 2.45) is 0 Å². The Bertz CT molecular complexity index is 477. The average Bonchev–Trinajstić information content (AvgIpc) is 2.27. The van der Waals surface area contributed by atoms with Crippen molar-refractivity contribution in [3.8, 4) is 0 Å². The van der Waals surface area contributed by atoms with Gasteiger partial charge in [0.05, 0.1) is 5.56 Å². The van der Waals surface area contributed by atoms with E-state index in [2.05, 4.69) is 11.4 Å². The van der Waals surface area contributed by atoms with E-state index in [0.29, 0.717) is 0 Å². The summed E-state index contributed by atoms with van der Waals surface area (Å²) in [7, 11) is 0. The van der Waals surface area contributed by atoms with Gasteiger partial charge in [0, 0.05) is 5.69 Å². The van der Waals surface area contributed by atoms with Gasteiger partial charge in [-0.05, 0) is 44.2 Å². The molecule has 0 aliphatic carbocycles. The summed E-state index contributed by atoms with van der Waals surface area (Å²) in [6.45, 7) is 3.74. The third kappa shape index (κ3) is 5.46. The van der Waals surface area contributed by atoms with Gasteiger partial charge in [-0.2, -0.15) is 13.2 Å². The Morgan fingerprint density at radius 2 is 2.11 bits per heavy atom. The van der Waals surface area contributed by atoms with Crippen molar-refractivity contribution in [1.82, 2.24) is 0 Å². The summed E-state index contributed by atoms with van der Waals surface area (Å²) >= 11 is 0. The van der Waals surface area contributed by atoms with Crippen LogP contribution in [0, 0.1) is 6.07 Å². The molecule has 1 radical (unpaired) electrons. The maximum Gasteiger partial charge on any atom is 0.416 e. The molecule has 0 saturated heterocycles. The number of hydrogen-bond acceptors (Lipinski definition) is 2. The molecule has 0 aliphatic heterocycles. The zero-order valence-corrected chi connectivity index (χ0v) is 10.5. The number of ether oxygens (including phenoxy) is 1. The molecule has 0 heterocycles. The van der Waals surface area contributed by atoms with Gasteiger partial charge in [0.2, 0.25) is 0 Å². The number of hydrogen-bond donors (Lipinski definition) is 1. The molecule has 1 aromatic carbocycles. The van der Waals surface area contributed by atoms with Crippen LogP contribution in [0.5, 0.6) is 0 Å². The summed E-state index contributed by atoms with van der Waals surface area (Å²) in [4.78, 5) is 11.3. The van der Waals surface area contributed by atoms with Gasteiger partial charge in [-0.3, -0.25) is 5.32 Å². The number of anilines is 1. The Kier molecular flexibility index (Phi) is 4.97. The molecule has 0 bridgehead atoms. The first-order valence-corrected chi connectivity index (χ1v) is 5.44. The Morgan fingerprint density at radius 1 is 1.42 bits per heavy atom. The summed E-state index contributed by atoms with van der Waals surface area (Å²) < 4.78 is 42.0. The first kappa shape index (κ1) is 15.1. The lowest BCUT2D eigenvalue weighted by Crippen LogP contribution is -2.14. The van der Waals surface area contributed by atoms with Crippen molar-refractivity contribution in [1.29, 1.82) is 0 Å². The number of carbonyl (C=O) groups is 1. The number of benzene rings is 1. The molecule has 0 unspecified atom stereocenters. The smallest absolute Gasteiger partial charge is 0.416 e. The summed E-state index contributed by atoms with van der Waals surface area (Å²) in [6.07, 6.45) is -3.61.